The van der Waals surface area contributed by atoms with Gasteiger partial charge in [-0.05, 0) is 55.4 Å². The molecule has 0 bridgehead atoms. The molecule has 2 atom stereocenters. The number of aryl methyl sites for hydroxylation is 1. The number of nitrogens with one attached hydrogen (secondary N) is 1. The maximum Gasteiger partial charge on any atom is 0.157 e. The lowest BCUT2D eigenvalue weighted by atomic mass is 9.77. The maximum absolute atomic E-state index is 4.85. The van der Waals surface area contributed by atoms with Crippen LogP contribution in [0.1, 0.15) is 43.9 Å². The molecule has 3 aromatic heterocycles. The number of benzene rings is 1. The van der Waals surface area contributed by atoms with Gasteiger partial charge in [-0.2, -0.15) is 9.61 Å². The molecule has 4 aromatic rings. The van der Waals surface area contributed by atoms with E-state index >= 15 is 0 Å². The van der Waals surface area contributed by atoms with Crippen LogP contribution in [0, 0.1) is 18.8 Å². The summed E-state index contributed by atoms with van der Waals surface area (Å²) >= 11 is 0. The minimum Gasteiger partial charge on any atom is -0.340 e. The van der Waals surface area contributed by atoms with Crippen molar-refractivity contribution in [3.63, 3.8) is 0 Å². The average molecular weight is 412 g/mol. The number of aromatic nitrogens is 4. The van der Waals surface area contributed by atoms with Crippen molar-refractivity contribution in [2.45, 2.75) is 46.0 Å². The third-order valence-corrected chi connectivity index (χ3v) is 6.72. The van der Waals surface area contributed by atoms with E-state index in [9.17, 15) is 0 Å². The molecular weight excluding hydrogens is 382 g/mol. The van der Waals surface area contributed by atoms with Crippen molar-refractivity contribution in [3.8, 4) is 11.1 Å². The second-order valence-corrected chi connectivity index (χ2v) is 8.80. The summed E-state index contributed by atoms with van der Waals surface area (Å²) in [5.41, 5.74) is 6.55. The fourth-order valence-electron chi connectivity index (χ4n) is 4.87. The Hall–Kier alpha value is -3.21. The second-order valence-electron chi connectivity index (χ2n) is 8.80. The Balaban J connectivity index is 1.54. The predicted molar refractivity (Wildman–Crippen MR) is 126 cm³/mol. The van der Waals surface area contributed by atoms with Crippen LogP contribution < -0.4 is 5.32 Å². The lowest BCUT2D eigenvalue weighted by Gasteiger charge is -2.30. The summed E-state index contributed by atoms with van der Waals surface area (Å²) in [6.45, 7) is 4.54. The van der Waals surface area contributed by atoms with Crippen molar-refractivity contribution in [1.29, 1.82) is 0 Å². The highest BCUT2D eigenvalue weighted by atomic mass is 15.3. The number of rotatable bonds is 5. The Morgan fingerprint density at radius 2 is 1.90 bits per heavy atom. The van der Waals surface area contributed by atoms with Gasteiger partial charge in [-0.15, -0.1) is 0 Å². The average Bonchev–Trinajstić information content (AvgIpc) is 3.26. The Morgan fingerprint density at radius 1 is 1.03 bits per heavy atom. The number of nitrogens with zero attached hydrogens (tertiary/aromatic N) is 4. The van der Waals surface area contributed by atoms with Crippen molar-refractivity contribution in [3.05, 3.63) is 72.3 Å². The first kappa shape index (κ1) is 19.7. The van der Waals surface area contributed by atoms with Crippen LogP contribution in [0.3, 0.4) is 0 Å². The van der Waals surface area contributed by atoms with Gasteiger partial charge in [-0.1, -0.05) is 44.4 Å². The standard InChI is InChI=1S/C26H29N5/c1-18-7-3-4-8-20(18)16-24-19(2)29-25-12-14-28-31(25)26(24)30-23-11-5-9-21(15-23)22-10-6-13-27-17-22/h5-6,9-15,17-18,20,30H,3-4,7-8,16H2,1-2H3. The van der Waals surface area contributed by atoms with E-state index in [1.165, 1.54) is 31.2 Å². The van der Waals surface area contributed by atoms with Crippen LogP contribution in [0.5, 0.6) is 0 Å². The molecule has 1 aliphatic carbocycles. The van der Waals surface area contributed by atoms with Crippen LogP contribution in [0.2, 0.25) is 0 Å². The van der Waals surface area contributed by atoms with E-state index in [2.05, 4.69) is 59.6 Å². The first-order valence-corrected chi connectivity index (χ1v) is 11.3. The number of pyridine rings is 1. The maximum atomic E-state index is 4.85. The molecular formula is C26H29N5. The number of fused-ring (bicyclic) bond motifs is 1. The van der Waals surface area contributed by atoms with E-state index in [-0.39, 0.29) is 0 Å². The van der Waals surface area contributed by atoms with Crippen molar-refractivity contribution >= 4 is 17.2 Å². The minimum absolute atomic E-state index is 0.699. The summed E-state index contributed by atoms with van der Waals surface area (Å²) in [4.78, 5) is 9.11. The van der Waals surface area contributed by atoms with Crippen LogP contribution in [0.25, 0.3) is 16.8 Å². The number of hydrogen-bond donors (Lipinski definition) is 1. The van der Waals surface area contributed by atoms with Gasteiger partial charge in [0, 0.05) is 41.0 Å². The molecule has 3 heterocycles. The molecule has 2 unspecified atom stereocenters. The van der Waals surface area contributed by atoms with E-state index in [4.69, 9.17) is 4.98 Å². The highest BCUT2D eigenvalue weighted by molar-refractivity contribution is 5.71. The Morgan fingerprint density at radius 3 is 2.74 bits per heavy atom. The molecule has 5 nitrogen and oxygen atoms in total. The molecule has 0 amide bonds. The molecule has 5 rings (SSSR count). The lowest BCUT2D eigenvalue weighted by molar-refractivity contribution is 0.254. The third-order valence-electron chi connectivity index (χ3n) is 6.72. The Kier molecular flexibility index (Phi) is 5.41. The first-order chi connectivity index (χ1) is 15.2. The zero-order chi connectivity index (χ0) is 21.2. The van der Waals surface area contributed by atoms with Crippen LogP contribution in [-0.4, -0.2) is 19.6 Å². The zero-order valence-corrected chi connectivity index (χ0v) is 18.3. The topological polar surface area (TPSA) is 55.1 Å². The van der Waals surface area contributed by atoms with Crippen molar-refractivity contribution in [1.82, 2.24) is 19.6 Å². The molecule has 0 spiro atoms. The van der Waals surface area contributed by atoms with Crippen molar-refractivity contribution in [2.24, 2.45) is 11.8 Å². The lowest BCUT2D eigenvalue weighted by Crippen LogP contribution is -2.21. The van der Waals surface area contributed by atoms with Crippen LogP contribution in [0.15, 0.2) is 61.1 Å². The van der Waals surface area contributed by atoms with Crippen LogP contribution >= 0.6 is 0 Å². The molecule has 5 heteroatoms. The van der Waals surface area contributed by atoms with Gasteiger partial charge in [0.15, 0.2) is 5.65 Å². The van der Waals surface area contributed by atoms with Crippen LogP contribution in [-0.2, 0) is 6.42 Å². The van der Waals surface area contributed by atoms with Gasteiger partial charge in [0.05, 0.1) is 6.20 Å². The van der Waals surface area contributed by atoms with Gasteiger partial charge in [-0.3, -0.25) is 4.98 Å². The van der Waals surface area contributed by atoms with Gasteiger partial charge in [-0.25, -0.2) is 4.98 Å². The first-order valence-electron chi connectivity index (χ1n) is 11.3. The molecule has 0 saturated heterocycles. The fraction of sp³-hybridized carbons (Fsp3) is 0.346. The molecule has 1 aromatic carbocycles. The summed E-state index contributed by atoms with van der Waals surface area (Å²) in [7, 11) is 0. The number of hydrogen-bond acceptors (Lipinski definition) is 4. The van der Waals surface area contributed by atoms with Gasteiger partial charge in [0.1, 0.15) is 5.82 Å². The van der Waals surface area contributed by atoms with E-state index in [1.54, 1.807) is 6.20 Å². The number of anilines is 2. The summed E-state index contributed by atoms with van der Waals surface area (Å²) in [5.74, 6) is 2.49. The van der Waals surface area contributed by atoms with Crippen molar-refractivity contribution < 1.29 is 0 Å². The third kappa shape index (κ3) is 4.05. The monoisotopic (exact) mass is 411 g/mol. The van der Waals surface area contributed by atoms with E-state index in [0.717, 1.165) is 46.3 Å². The molecule has 1 saturated carbocycles. The SMILES string of the molecule is Cc1nc2ccnn2c(Nc2cccc(-c3cccnc3)c2)c1CC1CCCCC1C. The van der Waals surface area contributed by atoms with Crippen molar-refractivity contribution in [2.75, 3.05) is 5.32 Å². The predicted octanol–water partition coefficient (Wildman–Crippen LogP) is 6.21. The zero-order valence-electron chi connectivity index (χ0n) is 18.3. The van der Waals surface area contributed by atoms with E-state index in [0.29, 0.717) is 5.92 Å². The normalized spacial score (nSPS) is 18.9. The molecule has 0 aliphatic heterocycles. The van der Waals surface area contributed by atoms with Gasteiger partial charge < -0.3 is 5.32 Å². The van der Waals surface area contributed by atoms with Gasteiger partial charge in [0.2, 0.25) is 0 Å². The molecule has 31 heavy (non-hydrogen) atoms. The summed E-state index contributed by atoms with van der Waals surface area (Å²) in [6.07, 6.45) is 11.9. The van der Waals surface area contributed by atoms with E-state index < -0.39 is 0 Å². The molecule has 1 N–H and O–H groups in total. The summed E-state index contributed by atoms with van der Waals surface area (Å²) in [6, 6.07) is 14.5. The Bertz CT molecular complexity index is 1180. The highest BCUT2D eigenvalue weighted by Crippen LogP contribution is 2.35. The van der Waals surface area contributed by atoms with Gasteiger partial charge >= 0.3 is 0 Å². The Labute approximate surface area is 183 Å². The molecule has 0 radical (unpaired) electrons. The fourth-order valence-corrected chi connectivity index (χ4v) is 4.87. The second kappa shape index (κ2) is 8.50. The molecule has 1 fully saturated rings. The van der Waals surface area contributed by atoms with Crippen LogP contribution in [0.4, 0.5) is 11.5 Å². The summed E-state index contributed by atoms with van der Waals surface area (Å²) in [5, 5.41) is 8.29. The molecule has 158 valence electrons. The molecule has 1 aliphatic rings. The quantitative estimate of drug-likeness (QED) is 0.424. The largest absolute Gasteiger partial charge is 0.340 e. The minimum atomic E-state index is 0.699. The van der Waals surface area contributed by atoms with E-state index in [1.807, 2.05) is 29.0 Å². The smallest absolute Gasteiger partial charge is 0.157 e. The van der Waals surface area contributed by atoms with Gasteiger partial charge in [0.25, 0.3) is 0 Å². The highest BCUT2D eigenvalue weighted by Gasteiger charge is 2.25. The summed E-state index contributed by atoms with van der Waals surface area (Å²) < 4.78 is 1.95.